The van der Waals surface area contributed by atoms with Gasteiger partial charge in [0.05, 0.1) is 7.11 Å². The molecule has 2 aromatic carbocycles. The second-order valence-corrected chi connectivity index (χ2v) is 5.43. The van der Waals surface area contributed by atoms with Gasteiger partial charge in [-0.25, -0.2) is 4.79 Å². The highest BCUT2D eigenvalue weighted by Crippen LogP contribution is 2.28. The Kier molecular flexibility index (Phi) is 6.34. The SMILES string of the molecule is COc1cc(C=CC(=O)OCc2cccc(C)c2)ccc1OC(C)=O. The summed E-state index contributed by atoms with van der Waals surface area (Å²) in [6.45, 7) is 3.52. The summed E-state index contributed by atoms with van der Waals surface area (Å²) in [7, 11) is 1.48. The van der Waals surface area contributed by atoms with Crippen LogP contribution in [0.15, 0.2) is 48.5 Å². The van der Waals surface area contributed by atoms with Gasteiger partial charge in [0.25, 0.3) is 0 Å². The predicted molar refractivity (Wildman–Crippen MR) is 94.3 cm³/mol. The Morgan fingerprint density at radius 2 is 1.88 bits per heavy atom. The molecule has 5 heteroatoms. The van der Waals surface area contributed by atoms with Gasteiger partial charge in [0, 0.05) is 13.0 Å². The number of hydrogen-bond acceptors (Lipinski definition) is 5. The Hall–Kier alpha value is -3.08. The van der Waals surface area contributed by atoms with E-state index in [1.165, 1.54) is 20.1 Å². The molecule has 0 N–H and O–H groups in total. The van der Waals surface area contributed by atoms with E-state index in [1.54, 1.807) is 24.3 Å². The molecule has 0 radical (unpaired) electrons. The normalized spacial score (nSPS) is 10.5. The largest absolute Gasteiger partial charge is 0.493 e. The summed E-state index contributed by atoms with van der Waals surface area (Å²) in [6, 6.07) is 12.8. The Labute approximate surface area is 146 Å². The molecule has 0 unspecified atom stereocenters. The molecule has 130 valence electrons. The summed E-state index contributed by atoms with van der Waals surface area (Å²) in [5, 5.41) is 0. The second-order valence-electron chi connectivity index (χ2n) is 5.43. The highest BCUT2D eigenvalue weighted by Gasteiger charge is 2.07. The van der Waals surface area contributed by atoms with E-state index in [9.17, 15) is 9.59 Å². The Bertz CT molecular complexity index is 792. The molecule has 2 rings (SSSR count). The maximum absolute atomic E-state index is 11.8. The summed E-state index contributed by atoms with van der Waals surface area (Å²) >= 11 is 0. The van der Waals surface area contributed by atoms with Crippen LogP contribution in [-0.2, 0) is 20.9 Å². The van der Waals surface area contributed by atoms with Gasteiger partial charge in [-0.15, -0.1) is 0 Å². The summed E-state index contributed by atoms with van der Waals surface area (Å²) < 4.78 is 15.4. The van der Waals surface area contributed by atoms with Gasteiger partial charge in [0.2, 0.25) is 0 Å². The molecule has 0 aliphatic rings. The molecule has 0 saturated carbocycles. The number of methoxy groups -OCH3 is 1. The molecule has 25 heavy (non-hydrogen) atoms. The summed E-state index contributed by atoms with van der Waals surface area (Å²) in [5.41, 5.74) is 2.78. The molecule has 0 aromatic heterocycles. The smallest absolute Gasteiger partial charge is 0.331 e. The van der Waals surface area contributed by atoms with Crippen molar-refractivity contribution in [1.82, 2.24) is 0 Å². The van der Waals surface area contributed by atoms with E-state index in [0.29, 0.717) is 11.5 Å². The molecule has 5 nitrogen and oxygen atoms in total. The van der Waals surface area contributed by atoms with Crippen LogP contribution in [0, 0.1) is 6.92 Å². The van der Waals surface area contributed by atoms with E-state index in [1.807, 2.05) is 31.2 Å². The van der Waals surface area contributed by atoms with Crippen LogP contribution in [0.5, 0.6) is 11.5 Å². The van der Waals surface area contributed by atoms with Gasteiger partial charge in [0.15, 0.2) is 11.5 Å². The van der Waals surface area contributed by atoms with Crippen LogP contribution in [0.4, 0.5) is 0 Å². The molecule has 0 aliphatic carbocycles. The molecular formula is C20H20O5. The number of carbonyl (C=O) groups excluding carboxylic acids is 2. The Morgan fingerprint density at radius 1 is 1.08 bits per heavy atom. The molecule has 0 amide bonds. The molecule has 0 heterocycles. The third-order valence-electron chi connectivity index (χ3n) is 3.32. The number of carbonyl (C=O) groups is 2. The highest BCUT2D eigenvalue weighted by atomic mass is 16.6. The lowest BCUT2D eigenvalue weighted by atomic mass is 10.1. The predicted octanol–water partition coefficient (Wildman–Crippen LogP) is 3.69. The fourth-order valence-corrected chi connectivity index (χ4v) is 2.20. The lowest BCUT2D eigenvalue weighted by Gasteiger charge is -2.08. The number of benzene rings is 2. The number of ether oxygens (including phenoxy) is 3. The Morgan fingerprint density at radius 3 is 2.56 bits per heavy atom. The quantitative estimate of drug-likeness (QED) is 0.456. The lowest BCUT2D eigenvalue weighted by molar-refractivity contribution is -0.139. The average Bonchev–Trinajstić information content (AvgIpc) is 2.58. The van der Waals surface area contributed by atoms with E-state index in [-0.39, 0.29) is 6.61 Å². The van der Waals surface area contributed by atoms with Gasteiger partial charge in [-0.1, -0.05) is 35.9 Å². The molecule has 2 aromatic rings. The van der Waals surface area contributed by atoms with Crippen LogP contribution in [0.3, 0.4) is 0 Å². The number of rotatable bonds is 6. The zero-order valence-corrected chi connectivity index (χ0v) is 14.4. The first-order valence-corrected chi connectivity index (χ1v) is 7.75. The first kappa shape index (κ1) is 18.3. The van der Waals surface area contributed by atoms with Gasteiger partial charge in [-0.2, -0.15) is 0 Å². The Balaban J connectivity index is 1.98. The third-order valence-corrected chi connectivity index (χ3v) is 3.32. The minimum atomic E-state index is -0.440. The fraction of sp³-hybridized carbons (Fsp3) is 0.200. The summed E-state index contributed by atoms with van der Waals surface area (Å²) in [6.07, 6.45) is 2.95. The molecule has 0 atom stereocenters. The monoisotopic (exact) mass is 340 g/mol. The lowest BCUT2D eigenvalue weighted by Crippen LogP contribution is -2.03. The maximum Gasteiger partial charge on any atom is 0.331 e. The van der Waals surface area contributed by atoms with Gasteiger partial charge < -0.3 is 14.2 Å². The molecule has 0 aliphatic heterocycles. The van der Waals surface area contributed by atoms with Crippen LogP contribution >= 0.6 is 0 Å². The van der Waals surface area contributed by atoms with Crippen molar-refractivity contribution in [2.75, 3.05) is 7.11 Å². The van der Waals surface area contributed by atoms with E-state index in [2.05, 4.69) is 0 Å². The summed E-state index contributed by atoms with van der Waals surface area (Å²) in [5.74, 6) is -0.134. The van der Waals surface area contributed by atoms with Crippen molar-refractivity contribution in [3.8, 4) is 11.5 Å². The molecular weight excluding hydrogens is 320 g/mol. The van der Waals surface area contributed by atoms with Crippen molar-refractivity contribution in [2.24, 2.45) is 0 Å². The molecule has 0 fully saturated rings. The number of hydrogen-bond donors (Lipinski definition) is 0. The van der Waals surface area contributed by atoms with Crippen molar-refractivity contribution in [3.05, 3.63) is 65.2 Å². The second kappa shape index (κ2) is 8.68. The standard InChI is InChI=1S/C20H20O5/c1-14-5-4-6-17(11-14)13-24-20(22)10-8-16-7-9-18(25-15(2)21)19(12-16)23-3/h4-12H,13H2,1-3H3. The van der Waals surface area contributed by atoms with E-state index in [0.717, 1.165) is 16.7 Å². The topological polar surface area (TPSA) is 61.8 Å². The first-order valence-electron chi connectivity index (χ1n) is 7.75. The fourth-order valence-electron chi connectivity index (χ4n) is 2.20. The van der Waals surface area contributed by atoms with Gasteiger partial charge in [0.1, 0.15) is 6.61 Å². The zero-order chi connectivity index (χ0) is 18.2. The van der Waals surface area contributed by atoms with Crippen molar-refractivity contribution in [3.63, 3.8) is 0 Å². The van der Waals surface area contributed by atoms with Crippen molar-refractivity contribution < 1.29 is 23.8 Å². The van der Waals surface area contributed by atoms with Gasteiger partial charge >= 0.3 is 11.9 Å². The molecule has 0 saturated heterocycles. The van der Waals surface area contributed by atoms with Crippen LogP contribution in [-0.4, -0.2) is 19.0 Å². The van der Waals surface area contributed by atoms with Gasteiger partial charge in [-0.3, -0.25) is 4.79 Å². The summed E-state index contributed by atoms with van der Waals surface area (Å²) in [4.78, 5) is 22.9. The van der Waals surface area contributed by atoms with Crippen LogP contribution in [0.2, 0.25) is 0 Å². The average molecular weight is 340 g/mol. The van der Waals surface area contributed by atoms with E-state index < -0.39 is 11.9 Å². The van der Waals surface area contributed by atoms with Gasteiger partial charge in [-0.05, 0) is 36.3 Å². The number of esters is 2. The van der Waals surface area contributed by atoms with Crippen molar-refractivity contribution in [2.45, 2.75) is 20.5 Å². The molecule has 0 bridgehead atoms. The highest BCUT2D eigenvalue weighted by molar-refractivity contribution is 5.87. The zero-order valence-electron chi connectivity index (χ0n) is 14.4. The minimum absolute atomic E-state index is 0.222. The van der Waals surface area contributed by atoms with Crippen molar-refractivity contribution >= 4 is 18.0 Å². The molecule has 0 spiro atoms. The third kappa shape index (κ3) is 5.80. The van der Waals surface area contributed by atoms with Crippen LogP contribution in [0.25, 0.3) is 6.08 Å². The van der Waals surface area contributed by atoms with Crippen LogP contribution in [0.1, 0.15) is 23.6 Å². The van der Waals surface area contributed by atoms with E-state index in [4.69, 9.17) is 14.2 Å². The minimum Gasteiger partial charge on any atom is -0.493 e. The first-order chi connectivity index (χ1) is 12.0. The van der Waals surface area contributed by atoms with Crippen molar-refractivity contribution in [1.29, 1.82) is 0 Å². The maximum atomic E-state index is 11.8. The van der Waals surface area contributed by atoms with Crippen LogP contribution < -0.4 is 9.47 Å². The number of aryl methyl sites for hydroxylation is 1. The van der Waals surface area contributed by atoms with E-state index >= 15 is 0 Å².